The van der Waals surface area contributed by atoms with Gasteiger partial charge in [-0.25, -0.2) is 0 Å². The van der Waals surface area contributed by atoms with Crippen molar-refractivity contribution in [1.29, 1.82) is 0 Å². The average molecular weight is 207 g/mol. The van der Waals surface area contributed by atoms with E-state index in [1.807, 2.05) is 0 Å². The molecule has 1 heterocycles. The second-order valence-electron chi connectivity index (χ2n) is 2.98. The van der Waals surface area contributed by atoms with Crippen molar-refractivity contribution in [1.82, 2.24) is 0 Å². The normalized spacial score (nSPS) is 24.1. The largest absolute Gasteiger partial charge is 0.300 e. The van der Waals surface area contributed by atoms with Crippen LogP contribution in [0.3, 0.4) is 0 Å². The first kappa shape index (κ1) is 9.09. The summed E-state index contributed by atoms with van der Waals surface area (Å²) in [5.41, 5.74) is -0.167. The molecule has 1 aromatic rings. The van der Waals surface area contributed by atoms with Crippen molar-refractivity contribution in [3.63, 3.8) is 0 Å². The number of benzene rings is 1. The van der Waals surface area contributed by atoms with E-state index < -0.39 is 5.54 Å². The van der Waals surface area contributed by atoms with Gasteiger partial charge in [-0.1, -0.05) is 23.7 Å². The van der Waals surface area contributed by atoms with Crippen LogP contribution in [0.25, 0.3) is 0 Å². The summed E-state index contributed by atoms with van der Waals surface area (Å²) in [5.74, 6) is 0. The van der Waals surface area contributed by atoms with E-state index in [1.165, 1.54) is 6.20 Å². The van der Waals surface area contributed by atoms with Crippen LogP contribution in [0.2, 0.25) is 5.02 Å². The molecule has 0 saturated carbocycles. The summed E-state index contributed by atoms with van der Waals surface area (Å²) in [6, 6.07) is 6.99. The van der Waals surface area contributed by atoms with Gasteiger partial charge in [0.1, 0.15) is 0 Å². The fraction of sp³-hybridized carbons (Fsp3) is 0.100. The SMILES string of the molecule is O=CC1(c2ccc(Cl)cc2)C=CN=N1. The Labute approximate surface area is 86.1 Å². The number of nitrogens with zero attached hydrogens (tertiary/aromatic N) is 2. The standard InChI is InChI=1S/C10H7ClN2O/c11-9-3-1-8(2-4-9)10(7-14)5-6-12-13-10/h1-7H. The summed E-state index contributed by atoms with van der Waals surface area (Å²) < 4.78 is 0. The minimum absolute atomic E-state index is 0.633. The van der Waals surface area contributed by atoms with Crippen LogP contribution in [-0.2, 0) is 10.3 Å². The molecule has 1 unspecified atom stereocenters. The third kappa shape index (κ3) is 1.36. The zero-order valence-corrected chi connectivity index (χ0v) is 7.98. The molecule has 0 spiro atoms. The van der Waals surface area contributed by atoms with Gasteiger partial charge in [0.15, 0.2) is 11.8 Å². The Hall–Kier alpha value is -1.48. The summed E-state index contributed by atoms with van der Waals surface area (Å²) in [5, 5.41) is 8.21. The summed E-state index contributed by atoms with van der Waals surface area (Å²) >= 11 is 5.75. The van der Waals surface area contributed by atoms with Crippen molar-refractivity contribution < 1.29 is 4.79 Å². The average Bonchev–Trinajstić information content (AvgIpc) is 2.68. The van der Waals surface area contributed by atoms with E-state index in [-0.39, 0.29) is 0 Å². The van der Waals surface area contributed by atoms with E-state index in [2.05, 4.69) is 10.2 Å². The Morgan fingerprint density at radius 1 is 1.29 bits per heavy atom. The van der Waals surface area contributed by atoms with Gasteiger partial charge in [-0.15, -0.1) is 0 Å². The van der Waals surface area contributed by atoms with Gasteiger partial charge < -0.3 is 0 Å². The second-order valence-corrected chi connectivity index (χ2v) is 3.42. The Kier molecular flexibility index (Phi) is 2.17. The van der Waals surface area contributed by atoms with Crippen molar-refractivity contribution >= 4 is 17.9 Å². The zero-order chi connectivity index (χ0) is 10.0. The molecule has 1 aliphatic heterocycles. The molecule has 0 radical (unpaired) electrons. The molecule has 70 valence electrons. The molecule has 0 aliphatic carbocycles. The highest BCUT2D eigenvalue weighted by molar-refractivity contribution is 6.30. The third-order valence-corrected chi connectivity index (χ3v) is 2.36. The van der Waals surface area contributed by atoms with Crippen molar-refractivity contribution in [2.75, 3.05) is 0 Å². The van der Waals surface area contributed by atoms with Crippen LogP contribution in [-0.4, -0.2) is 6.29 Å². The first-order valence-electron chi connectivity index (χ1n) is 4.09. The van der Waals surface area contributed by atoms with Crippen molar-refractivity contribution in [3.8, 4) is 0 Å². The lowest BCUT2D eigenvalue weighted by atomic mass is 9.93. The van der Waals surface area contributed by atoms with Crippen LogP contribution in [0, 0.1) is 0 Å². The fourth-order valence-corrected chi connectivity index (χ4v) is 1.44. The molecule has 0 fully saturated rings. The monoisotopic (exact) mass is 206 g/mol. The molecule has 0 bridgehead atoms. The number of hydrogen-bond acceptors (Lipinski definition) is 3. The molecule has 0 N–H and O–H groups in total. The molecule has 0 saturated heterocycles. The van der Waals surface area contributed by atoms with Gasteiger partial charge >= 0.3 is 0 Å². The Balaban J connectivity index is 2.47. The number of hydrogen-bond donors (Lipinski definition) is 0. The highest BCUT2D eigenvalue weighted by Gasteiger charge is 2.31. The van der Waals surface area contributed by atoms with Crippen LogP contribution in [0.5, 0.6) is 0 Å². The highest BCUT2D eigenvalue weighted by Crippen LogP contribution is 2.30. The maximum absolute atomic E-state index is 11.0. The maximum Gasteiger partial charge on any atom is 0.182 e. The van der Waals surface area contributed by atoms with Crippen LogP contribution >= 0.6 is 11.6 Å². The second kappa shape index (κ2) is 3.35. The van der Waals surface area contributed by atoms with E-state index in [9.17, 15) is 4.79 Å². The quantitative estimate of drug-likeness (QED) is 0.686. The molecule has 0 amide bonds. The number of carbonyl (C=O) groups excluding carboxylic acids is 1. The molecule has 2 rings (SSSR count). The molecular formula is C10H7ClN2O. The van der Waals surface area contributed by atoms with Gasteiger partial charge in [0.05, 0.1) is 0 Å². The van der Waals surface area contributed by atoms with Crippen LogP contribution in [0.4, 0.5) is 0 Å². The molecule has 1 aliphatic rings. The molecule has 1 atom stereocenters. The van der Waals surface area contributed by atoms with Gasteiger partial charge in [-0.2, -0.15) is 10.2 Å². The van der Waals surface area contributed by atoms with E-state index in [1.54, 1.807) is 30.3 Å². The zero-order valence-electron chi connectivity index (χ0n) is 7.22. The number of aldehydes is 1. The smallest absolute Gasteiger partial charge is 0.182 e. The van der Waals surface area contributed by atoms with Crippen LogP contribution in [0.1, 0.15) is 5.56 Å². The molecule has 14 heavy (non-hydrogen) atoms. The molecule has 1 aromatic carbocycles. The fourth-order valence-electron chi connectivity index (χ4n) is 1.31. The Morgan fingerprint density at radius 3 is 2.50 bits per heavy atom. The number of carbonyl (C=O) groups is 1. The van der Waals surface area contributed by atoms with Crippen LogP contribution in [0.15, 0.2) is 46.8 Å². The number of halogens is 1. The van der Waals surface area contributed by atoms with Crippen molar-refractivity contribution in [2.24, 2.45) is 10.2 Å². The molecule has 0 aromatic heterocycles. The van der Waals surface area contributed by atoms with Gasteiger partial charge in [0.2, 0.25) is 0 Å². The first-order valence-corrected chi connectivity index (χ1v) is 4.47. The van der Waals surface area contributed by atoms with E-state index in [0.717, 1.165) is 11.8 Å². The molecular weight excluding hydrogens is 200 g/mol. The summed E-state index contributed by atoms with van der Waals surface area (Å²) in [6.07, 6.45) is 3.94. The van der Waals surface area contributed by atoms with Gasteiger partial charge in [0, 0.05) is 11.2 Å². The van der Waals surface area contributed by atoms with Crippen molar-refractivity contribution in [3.05, 3.63) is 47.1 Å². The van der Waals surface area contributed by atoms with Crippen molar-refractivity contribution in [2.45, 2.75) is 5.54 Å². The summed E-state index contributed by atoms with van der Waals surface area (Å²) in [7, 11) is 0. The number of azo groups is 1. The third-order valence-electron chi connectivity index (χ3n) is 2.10. The predicted octanol–water partition coefficient (Wildman–Crippen LogP) is 2.71. The lowest BCUT2D eigenvalue weighted by molar-refractivity contribution is -0.111. The summed E-state index contributed by atoms with van der Waals surface area (Å²) in [4.78, 5) is 11.0. The number of rotatable bonds is 2. The summed E-state index contributed by atoms with van der Waals surface area (Å²) in [6.45, 7) is 0. The molecule has 4 heteroatoms. The minimum atomic E-state index is -0.940. The topological polar surface area (TPSA) is 41.8 Å². The lowest BCUT2D eigenvalue weighted by Crippen LogP contribution is -2.20. The molecule has 3 nitrogen and oxygen atoms in total. The van der Waals surface area contributed by atoms with Gasteiger partial charge in [-0.05, 0) is 23.8 Å². The van der Waals surface area contributed by atoms with Gasteiger partial charge in [-0.3, -0.25) is 4.79 Å². The van der Waals surface area contributed by atoms with E-state index >= 15 is 0 Å². The van der Waals surface area contributed by atoms with Gasteiger partial charge in [0.25, 0.3) is 0 Å². The Morgan fingerprint density at radius 2 is 2.00 bits per heavy atom. The van der Waals surface area contributed by atoms with E-state index in [4.69, 9.17) is 11.6 Å². The Bertz CT molecular complexity index is 397. The predicted molar refractivity (Wildman–Crippen MR) is 53.2 cm³/mol. The van der Waals surface area contributed by atoms with Crippen LogP contribution < -0.4 is 0 Å². The highest BCUT2D eigenvalue weighted by atomic mass is 35.5. The lowest BCUT2D eigenvalue weighted by Gasteiger charge is -2.14. The van der Waals surface area contributed by atoms with E-state index in [0.29, 0.717) is 5.02 Å². The maximum atomic E-state index is 11.0. The minimum Gasteiger partial charge on any atom is -0.300 e. The first-order chi connectivity index (χ1) is 6.77.